The lowest BCUT2D eigenvalue weighted by Crippen LogP contribution is -2.01. The molecule has 27 heavy (non-hydrogen) atoms. The van der Waals surface area contributed by atoms with Crippen LogP contribution in [0.3, 0.4) is 0 Å². The molecular formula is C22H23NO3S. The van der Waals surface area contributed by atoms with Crippen molar-refractivity contribution in [3.8, 4) is 16.9 Å². The van der Waals surface area contributed by atoms with Gasteiger partial charge in [0.05, 0.1) is 6.61 Å². The number of thioether (sulfide) groups is 1. The van der Waals surface area contributed by atoms with Gasteiger partial charge in [-0.2, -0.15) is 0 Å². The first-order valence-electron chi connectivity index (χ1n) is 9.03. The average Bonchev–Trinajstić information content (AvgIpc) is 2.64. The van der Waals surface area contributed by atoms with Crippen molar-refractivity contribution in [3.05, 3.63) is 54.7 Å². The molecule has 0 unspecified atom stereocenters. The highest BCUT2D eigenvalue weighted by molar-refractivity contribution is 7.99. The molecule has 0 aliphatic carbocycles. The summed E-state index contributed by atoms with van der Waals surface area (Å²) in [7, 11) is 0. The number of aromatic nitrogens is 1. The Hall–Kier alpha value is -2.53. The molecule has 0 saturated carbocycles. The van der Waals surface area contributed by atoms with Gasteiger partial charge in [0.15, 0.2) is 0 Å². The van der Waals surface area contributed by atoms with Gasteiger partial charge in [-0.15, -0.1) is 11.8 Å². The van der Waals surface area contributed by atoms with Crippen LogP contribution in [0.4, 0.5) is 0 Å². The third-order valence-electron chi connectivity index (χ3n) is 4.04. The second-order valence-corrected chi connectivity index (χ2v) is 8.16. The molecule has 4 nitrogen and oxygen atoms in total. The van der Waals surface area contributed by atoms with Gasteiger partial charge >= 0.3 is 5.97 Å². The number of carbonyl (C=O) groups is 1. The van der Waals surface area contributed by atoms with E-state index in [2.05, 4.69) is 43.1 Å². The number of carboxylic acid groups (broad SMARTS) is 1. The van der Waals surface area contributed by atoms with E-state index < -0.39 is 5.97 Å². The van der Waals surface area contributed by atoms with E-state index >= 15 is 0 Å². The Morgan fingerprint density at radius 1 is 1.15 bits per heavy atom. The fraction of sp³-hybridized carbons (Fsp3) is 0.273. The van der Waals surface area contributed by atoms with Gasteiger partial charge in [0, 0.05) is 23.4 Å². The minimum Gasteiger partial charge on any atom is -0.494 e. The van der Waals surface area contributed by atoms with E-state index in [0.717, 1.165) is 32.7 Å². The van der Waals surface area contributed by atoms with Gasteiger partial charge < -0.3 is 9.84 Å². The number of fused-ring (bicyclic) bond motifs is 1. The summed E-state index contributed by atoms with van der Waals surface area (Å²) in [5.41, 5.74) is 2.29. The number of rotatable bonds is 8. The second-order valence-electron chi connectivity index (χ2n) is 6.59. The van der Waals surface area contributed by atoms with Crippen molar-refractivity contribution in [2.24, 2.45) is 0 Å². The zero-order valence-corrected chi connectivity index (χ0v) is 16.3. The summed E-state index contributed by atoms with van der Waals surface area (Å²) in [4.78, 5) is 15.1. The Bertz CT molecular complexity index is 940. The van der Waals surface area contributed by atoms with Crippen LogP contribution in [0.15, 0.2) is 59.8 Å². The number of hydrogen-bond acceptors (Lipinski definition) is 4. The standard InChI is InChI=1S/C22H23NO3S/c1-15(2)27-22-20(5-3-11-23-22)18-8-7-17-14-19(10-9-16(17)13-18)26-12-4-6-21(24)25/h3,5,7-11,13-15H,4,6,12H2,1-2H3,(H,24,25). The van der Waals surface area contributed by atoms with Crippen LogP contribution in [-0.2, 0) is 4.79 Å². The highest BCUT2D eigenvalue weighted by Gasteiger charge is 2.09. The average molecular weight is 381 g/mol. The molecule has 3 aromatic rings. The van der Waals surface area contributed by atoms with E-state index in [0.29, 0.717) is 18.3 Å². The number of benzene rings is 2. The first kappa shape index (κ1) is 19.2. The van der Waals surface area contributed by atoms with Crippen molar-refractivity contribution in [1.82, 2.24) is 4.98 Å². The summed E-state index contributed by atoms with van der Waals surface area (Å²) in [5, 5.41) is 12.4. The molecule has 0 spiro atoms. The molecule has 0 aliphatic rings. The molecule has 3 rings (SSSR count). The molecule has 2 aromatic carbocycles. The molecular weight excluding hydrogens is 358 g/mol. The van der Waals surface area contributed by atoms with Crippen molar-refractivity contribution in [3.63, 3.8) is 0 Å². The van der Waals surface area contributed by atoms with Crippen LogP contribution in [0.1, 0.15) is 26.7 Å². The maximum atomic E-state index is 10.6. The quantitative estimate of drug-likeness (QED) is 0.404. The maximum Gasteiger partial charge on any atom is 0.303 e. The number of pyridine rings is 1. The monoisotopic (exact) mass is 381 g/mol. The van der Waals surface area contributed by atoms with Gasteiger partial charge in [-0.25, -0.2) is 4.98 Å². The van der Waals surface area contributed by atoms with Crippen LogP contribution in [0.2, 0.25) is 0 Å². The largest absolute Gasteiger partial charge is 0.494 e. The highest BCUT2D eigenvalue weighted by Crippen LogP contribution is 2.34. The molecule has 0 bridgehead atoms. The number of nitrogens with zero attached hydrogens (tertiary/aromatic N) is 1. The second kappa shape index (κ2) is 8.91. The lowest BCUT2D eigenvalue weighted by atomic mass is 10.0. The topological polar surface area (TPSA) is 59.4 Å². The van der Waals surface area contributed by atoms with E-state index in [1.54, 1.807) is 11.8 Å². The number of ether oxygens (including phenoxy) is 1. The van der Waals surface area contributed by atoms with Crippen LogP contribution in [-0.4, -0.2) is 27.9 Å². The fourth-order valence-electron chi connectivity index (χ4n) is 2.82. The molecule has 5 heteroatoms. The summed E-state index contributed by atoms with van der Waals surface area (Å²) in [6, 6.07) is 16.4. The Morgan fingerprint density at radius 3 is 2.70 bits per heavy atom. The lowest BCUT2D eigenvalue weighted by molar-refractivity contribution is -0.137. The van der Waals surface area contributed by atoms with E-state index in [4.69, 9.17) is 9.84 Å². The minimum atomic E-state index is -0.796. The van der Waals surface area contributed by atoms with Crippen molar-refractivity contribution in [2.45, 2.75) is 37.0 Å². The Labute approximate surface area is 163 Å². The molecule has 0 aliphatic heterocycles. The van der Waals surface area contributed by atoms with Crippen LogP contribution >= 0.6 is 11.8 Å². The first-order chi connectivity index (χ1) is 13.0. The van der Waals surface area contributed by atoms with Gasteiger partial charge in [0.1, 0.15) is 10.8 Å². The summed E-state index contributed by atoms with van der Waals surface area (Å²) < 4.78 is 5.67. The molecule has 0 fully saturated rings. The third kappa shape index (κ3) is 5.23. The van der Waals surface area contributed by atoms with Crippen molar-refractivity contribution in [1.29, 1.82) is 0 Å². The lowest BCUT2D eigenvalue weighted by Gasteiger charge is -2.11. The Morgan fingerprint density at radius 2 is 1.93 bits per heavy atom. The van der Waals surface area contributed by atoms with Gasteiger partial charge in [-0.3, -0.25) is 4.79 Å². The first-order valence-corrected chi connectivity index (χ1v) is 9.91. The molecule has 0 atom stereocenters. The zero-order chi connectivity index (χ0) is 19.2. The predicted octanol–water partition coefficient (Wildman–Crippen LogP) is 5.65. The minimum absolute atomic E-state index is 0.124. The van der Waals surface area contributed by atoms with Crippen molar-refractivity contribution >= 4 is 28.5 Å². The van der Waals surface area contributed by atoms with Crippen molar-refractivity contribution < 1.29 is 14.6 Å². The fourth-order valence-corrected chi connectivity index (χ4v) is 3.70. The summed E-state index contributed by atoms with van der Waals surface area (Å²) in [6.07, 6.45) is 2.46. The molecule has 0 radical (unpaired) electrons. The molecule has 0 saturated heterocycles. The third-order valence-corrected chi connectivity index (χ3v) is 5.06. The van der Waals surface area contributed by atoms with Gasteiger partial charge in [0.2, 0.25) is 0 Å². The SMILES string of the molecule is CC(C)Sc1ncccc1-c1ccc2cc(OCCCC(=O)O)ccc2c1. The van der Waals surface area contributed by atoms with Gasteiger partial charge in [-0.05, 0) is 47.0 Å². The van der Waals surface area contributed by atoms with Crippen LogP contribution in [0.25, 0.3) is 21.9 Å². The van der Waals surface area contributed by atoms with Crippen LogP contribution < -0.4 is 4.74 Å². The summed E-state index contributed by atoms with van der Waals surface area (Å²) in [6.45, 7) is 4.74. The van der Waals surface area contributed by atoms with Crippen LogP contribution in [0.5, 0.6) is 5.75 Å². The predicted molar refractivity (Wildman–Crippen MR) is 111 cm³/mol. The van der Waals surface area contributed by atoms with E-state index in [9.17, 15) is 4.79 Å². The smallest absolute Gasteiger partial charge is 0.303 e. The molecule has 0 amide bonds. The maximum absolute atomic E-state index is 10.6. The highest BCUT2D eigenvalue weighted by atomic mass is 32.2. The molecule has 140 valence electrons. The number of hydrogen-bond donors (Lipinski definition) is 1. The van der Waals surface area contributed by atoms with Crippen LogP contribution in [0, 0.1) is 0 Å². The Kier molecular flexibility index (Phi) is 6.35. The van der Waals surface area contributed by atoms with Crippen molar-refractivity contribution in [2.75, 3.05) is 6.61 Å². The van der Waals surface area contributed by atoms with E-state index in [-0.39, 0.29) is 6.42 Å². The van der Waals surface area contributed by atoms with Gasteiger partial charge in [-0.1, -0.05) is 38.1 Å². The molecule has 1 heterocycles. The molecule has 1 aromatic heterocycles. The van der Waals surface area contributed by atoms with Gasteiger partial charge in [0.25, 0.3) is 0 Å². The number of carboxylic acids is 1. The summed E-state index contributed by atoms with van der Waals surface area (Å²) >= 11 is 1.77. The van der Waals surface area contributed by atoms with E-state index in [1.807, 2.05) is 30.5 Å². The van der Waals surface area contributed by atoms with E-state index in [1.165, 1.54) is 0 Å². The summed E-state index contributed by atoms with van der Waals surface area (Å²) in [5.74, 6) is -0.0342. The zero-order valence-electron chi connectivity index (χ0n) is 15.5. The number of aliphatic carboxylic acids is 1. The molecule has 1 N–H and O–H groups in total. The Balaban J connectivity index is 1.80. The normalized spacial score (nSPS) is 11.1.